The van der Waals surface area contributed by atoms with Crippen molar-refractivity contribution in [2.24, 2.45) is 0 Å². The van der Waals surface area contributed by atoms with Crippen molar-refractivity contribution >= 4 is 51.9 Å². The zero-order valence-corrected chi connectivity index (χ0v) is 19.9. The third-order valence-corrected chi connectivity index (χ3v) is 6.25. The minimum atomic E-state index is -4.58. The summed E-state index contributed by atoms with van der Waals surface area (Å²) in [4.78, 5) is 26.8. The van der Waals surface area contributed by atoms with Gasteiger partial charge in [-0.3, -0.25) is 14.5 Å². The van der Waals surface area contributed by atoms with Gasteiger partial charge in [0.2, 0.25) is 5.91 Å². The average molecular weight is 511 g/mol. The van der Waals surface area contributed by atoms with E-state index >= 15 is 0 Å². The van der Waals surface area contributed by atoms with Gasteiger partial charge in [-0.15, -0.1) is 0 Å². The lowest BCUT2D eigenvalue weighted by molar-refractivity contribution is -0.137. The molecule has 2 aromatic carbocycles. The Kier molecular flexibility index (Phi) is 8.21. The summed E-state index contributed by atoms with van der Waals surface area (Å²) in [5.41, 5.74) is -0.495. The summed E-state index contributed by atoms with van der Waals surface area (Å²) >= 11 is 6.44. The van der Waals surface area contributed by atoms with Gasteiger partial charge in [-0.05, 0) is 42.3 Å². The highest BCUT2D eigenvalue weighted by Gasteiger charge is 2.34. The molecule has 0 aliphatic carbocycles. The Morgan fingerprint density at radius 1 is 1.15 bits per heavy atom. The lowest BCUT2D eigenvalue weighted by atomic mass is 10.1. The zero-order valence-electron chi connectivity index (χ0n) is 18.3. The Morgan fingerprint density at radius 2 is 1.85 bits per heavy atom. The first kappa shape index (κ1) is 25.6. The van der Waals surface area contributed by atoms with E-state index in [-0.39, 0.29) is 31.0 Å². The summed E-state index contributed by atoms with van der Waals surface area (Å²) < 4.78 is 50.1. The second-order valence-corrected chi connectivity index (χ2v) is 8.82. The highest BCUT2D eigenvalue weighted by Crippen LogP contribution is 2.36. The standard InChI is InChI=1S/C23H21F3N2O4S2/c1-31-17-10-9-14(12-18(17)32-2)13-19-21(30)28(22(33)34-19)11-5-8-20(29)27-16-7-4-3-6-15(16)23(24,25)26/h3-4,6-7,9-10,12-13H,5,8,11H2,1-2H3,(H,27,29)/b19-13-. The number of anilines is 1. The zero-order chi connectivity index (χ0) is 24.9. The maximum absolute atomic E-state index is 13.1. The number of thioether (sulfide) groups is 1. The van der Waals surface area contributed by atoms with Crippen molar-refractivity contribution in [1.29, 1.82) is 0 Å². The Balaban J connectivity index is 1.59. The van der Waals surface area contributed by atoms with Crippen LogP contribution in [0.1, 0.15) is 24.0 Å². The predicted molar refractivity (Wildman–Crippen MR) is 129 cm³/mol. The van der Waals surface area contributed by atoms with Gasteiger partial charge in [0.05, 0.1) is 30.4 Å². The molecule has 6 nitrogen and oxygen atoms in total. The number of hydrogen-bond acceptors (Lipinski definition) is 6. The van der Waals surface area contributed by atoms with Crippen molar-refractivity contribution < 1.29 is 32.2 Å². The van der Waals surface area contributed by atoms with Gasteiger partial charge in [0, 0.05) is 13.0 Å². The van der Waals surface area contributed by atoms with Crippen molar-refractivity contribution in [3.63, 3.8) is 0 Å². The van der Waals surface area contributed by atoms with Crippen LogP contribution < -0.4 is 14.8 Å². The van der Waals surface area contributed by atoms with E-state index in [1.807, 2.05) is 0 Å². The highest BCUT2D eigenvalue weighted by molar-refractivity contribution is 8.26. The van der Waals surface area contributed by atoms with Gasteiger partial charge in [-0.1, -0.05) is 42.2 Å². The highest BCUT2D eigenvalue weighted by atomic mass is 32.2. The third-order valence-electron chi connectivity index (χ3n) is 4.87. The minimum absolute atomic E-state index is 0.0715. The van der Waals surface area contributed by atoms with E-state index in [9.17, 15) is 22.8 Å². The summed E-state index contributed by atoms with van der Waals surface area (Å²) in [5, 5.41) is 2.29. The van der Waals surface area contributed by atoms with Gasteiger partial charge in [0.15, 0.2) is 11.5 Å². The number of amides is 2. The Labute approximate surface area is 204 Å². The number of para-hydroxylation sites is 1. The fourth-order valence-electron chi connectivity index (χ4n) is 3.24. The van der Waals surface area contributed by atoms with E-state index in [1.54, 1.807) is 24.3 Å². The number of alkyl halides is 3. The largest absolute Gasteiger partial charge is 0.493 e. The van der Waals surface area contributed by atoms with E-state index in [0.717, 1.165) is 23.4 Å². The number of hydrogen-bond donors (Lipinski definition) is 1. The van der Waals surface area contributed by atoms with E-state index < -0.39 is 17.6 Å². The van der Waals surface area contributed by atoms with Crippen molar-refractivity contribution in [3.05, 3.63) is 58.5 Å². The van der Waals surface area contributed by atoms with E-state index in [0.29, 0.717) is 20.7 Å². The normalized spacial score (nSPS) is 15.1. The van der Waals surface area contributed by atoms with Gasteiger partial charge in [-0.25, -0.2) is 0 Å². The monoisotopic (exact) mass is 510 g/mol. The molecule has 1 fully saturated rings. The molecule has 1 saturated heterocycles. The molecule has 1 N–H and O–H groups in total. The summed E-state index contributed by atoms with van der Waals surface area (Å²) in [6.07, 6.45) is -2.73. The molecule has 0 spiro atoms. The second-order valence-electron chi connectivity index (χ2n) is 7.14. The van der Waals surface area contributed by atoms with Crippen LogP contribution in [0.2, 0.25) is 0 Å². The summed E-state index contributed by atoms with van der Waals surface area (Å²) in [6.45, 7) is 0.169. The molecule has 1 aliphatic heterocycles. The molecule has 0 unspecified atom stereocenters. The molecule has 1 heterocycles. The molecule has 2 amide bonds. The smallest absolute Gasteiger partial charge is 0.418 e. The fraction of sp³-hybridized carbons (Fsp3) is 0.261. The van der Waals surface area contributed by atoms with Gasteiger partial charge in [-0.2, -0.15) is 13.2 Å². The van der Waals surface area contributed by atoms with Crippen LogP contribution in [-0.4, -0.2) is 41.8 Å². The first-order valence-corrected chi connectivity index (χ1v) is 11.3. The summed E-state index contributed by atoms with van der Waals surface area (Å²) in [6, 6.07) is 9.99. The number of ether oxygens (including phenoxy) is 2. The number of nitrogens with one attached hydrogen (secondary N) is 1. The van der Waals surface area contributed by atoms with E-state index in [4.69, 9.17) is 21.7 Å². The fourth-order valence-corrected chi connectivity index (χ4v) is 4.55. The SMILES string of the molecule is COc1ccc(/C=C2\SC(=S)N(CCCC(=O)Nc3ccccc3C(F)(F)F)C2=O)cc1OC. The number of methoxy groups -OCH3 is 2. The summed E-state index contributed by atoms with van der Waals surface area (Å²) in [5.74, 6) is 0.198. The number of halogens is 3. The first-order chi connectivity index (χ1) is 16.1. The lowest BCUT2D eigenvalue weighted by Crippen LogP contribution is -2.29. The van der Waals surface area contributed by atoms with Crippen LogP contribution in [0.4, 0.5) is 18.9 Å². The van der Waals surface area contributed by atoms with Gasteiger partial charge in [0.25, 0.3) is 5.91 Å². The molecule has 2 aromatic rings. The molecule has 1 aliphatic rings. The second kappa shape index (κ2) is 10.9. The van der Waals surface area contributed by atoms with Gasteiger partial charge < -0.3 is 14.8 Å². The van der Waals surface area contributed by atoms with Crippen LogP contribution in [0.3, 0.4) is 0 Å². The third kappa shape index (κ3) is 6.09. The Morgan fingerprint density at radius 3 is 2.53 bits per heavy atom. The maximum atomic E-state index is 13.1. The van der Waals surface area contributed by atoms with Crippen LogP contribution in [-0.2, 0) is 15.8 Å². The van der Waals surface area contributed by atoms with Crippen LogP contribution in [0, 0.1) is 0 Å². The van der Waals surface area contributed by atoms with Crippen LogP contribution >= 0.6 is 24.0 Å². The molecule has 3 rings (SSSR count). The number of nitrogens with zero attached hydrogens (tertiary/aromatic N) is 1. The molecule has 34 heavy (non-hydrogen) atoms. The lowest BCUT2D eigenvalue weighted by Gasteiger charge is -2.15. The van der Waals surface area contributed by atoms with Crippen LogP contribution in [0.25, 0.3) is 6.08 Å². The molecule has 0 saturated carbocycles. The van der Waals surface area contributed by atoms with Gasteiger partial charge in [0.1, 0.15) is 4.32 Å². The number of carbonyl (C=O) groups excluding carboxylic acids is 2. The molecule has 0 aromatic heterocycles. The predicted octanol–water partition coefficient (Wildman–Crippen LogP) is 5.34. The van der Waals surface area contributed by atoms with E-state index in [1.165, 1.54) is 37.3 Å². The number of benzene rings is 2. The summed E-state index contributed by atoms with van der Waals surface area (Å²) in [7, 11) is 3.04. The maximum Gasteiger partial charge on any atom is 0.418 e. The number of rotatable bonds is 8. The molecule has 11 heteroatoms. The van der Waals surface area contributed by atoms with Crippen molar-refractivity contribution in [2.75, 3.05) is 26.1 Å². The van der Waals surface area contributed by atoms with Crippen LogP contribution in [0.5, 0.6) is 11.5 Å². The van der Waals surface area contributed by atoms with Crippen molar-refractivity contribution in [2.45, 2.75) is 19.0 Å². The van der Waals surface area contributed by atoms with Crippen molar-refractivity contribution in [1.82, 2.24) is 4.90 Å². The minimum Gasteiger partial charge on any atom is -0.493 e. The molecular weight excluding hydrogens is 489 g/mol. The molecule has 0 atom stereocenters. The van der Waals surface area contributed by atoms with Gasteiger partial charge >= 0.3 is 6.18 Å². The van der Waals surface area contributed by atoms with Crippen LogP contribution in [0.15, 0.2) is 47.4 Å². The Bertz CT molecular complexity index is 1140. The molecule has 0 bridgehead atoms. The van der Waals surface area contributed by atoms with Crippen molar-refractivity contribution in [3.8, 4) is 11.5 Å². The number of carbonyl (C=O) groups is 2. The molecule has 180 valence electrons. The first-order valence-electron chi connectivity index (χ1n) is 10.1. The topological polar surface area (TPSA) is 67.9 Å². The number of thiocarbonyl (C=S) groups is 1. The Hall–Kier alpha value is -3.05. The average Bonchev–Trinajstić information content (AvgIpc) is 3.05. The van der Waals surface area contributed by atoms with E-state index in [2.05, 4.69) is 5.32 Å². The molecule has 0 radical (unpaired) electrons. The molecular formula is C23H21F3N2O4S2. The quantitative estimate of drug-likeness (QED) is 0.382.